The first-order valence-electron chi connectivity index (χ1n) is 8.96. The van der Waals surface area contributed by atoms with Gasteiger partial charge in [0.15, 0.2) is 6.10 Å². The Morgan fingerprint density at radius 2 is 1.96 bits per heavy atom. The molecular weight excluding hydrogens is 342 g/mol. The molecule has 27 heavy (non-hydrogen) atoms. The fourth-order valence-electron chi connectivity index (χ4n) is 2.71. The molecule has 1 amide bonds. The van der Waals surface area contributed by atoms with Crippen molar-refractivity contribution in [3.8, 4) is 17.1 Å². The third kappa shape index (κ3) is 4.73. The highest BCUT2D eigenvalue weighted by Crippen LogP contribution is 2.21. The zero-order valence-electron chi connectivity index (χ0n) is 15.7. The van der Waals surface area contributed by atoms with Crippen molar-refractivity contribution in [2.75, 3.05) is 0 Å². The summed E-state index contributed by atoms with van der Waals surface area (Å²) in [6.45, 7) is 6.06. The molecule has 1 heterocycles. The van der Waals surface area contributed by atoms with Gasteiger partial charge in [0.1, 0.15) is 5.75 Å². The standard InChI is InChI=1S/C21H23N3O3/c1-4-17(26-18-11-10-14(2)12-15(18)3)21(25)22-13-19-23-20(24-27-19)16-8-6-5-7-9-16/h5-12,17H,4,13H2,1-3H3,(H,22,25)/t17-/m0/s1. The van der Waals surface area contributed by atoms with Crippen LogP contribution in [-0.2, 0) is 11.3 Å². The molecule has 0 radical (unpaired) electrons. The number of rotatable bonds is 7. The maximum absolute atomic E-state index is 12.5. The second-order valence-corrected chi connectivity index (χ2v) is 6.38. The van der Waals surface area contributed by atoms with Gasteiger partial charge in [0.25, 0.3) is 5.91 Å². The molecule has 6 heteroatoms. The van der Waals surface area contributed by atoms with Crippen molar-refractivity contribution in [3.63, 3.8) is 0 Å². The van der Waals surface area contributed by atoms with Gasteiger partial charge in [-0.1, -0.05) is 60.1 Å². The van der Waals surface area contributed by atoms with Crippen molar-refractivity contribution in [1.29, 1.82) is 0 Å². The molecule has 0 fully saturated rings. The van der Waals surface area contributed by atoms with Crippen molar-refractivity contribution in [2.24, 2.45) is 0 Å². The molecule has 1 aromatic heterocycles. The van der Waals surface area contributed by atoms with E-state index in [1.807, 2.05) is 69.3 Å². The average molecular weight is 365 g/mol. The SMILES string of the molecule is CC[C@H](Oc1ccc(C)cc1C)C(=O)NCc1nc(-c2ccccc2)no1. The third-order valence-corrected chi connectivity index (χ3v) is 4.18. The van der Waals surface area contributed by atoms with Crippen molar-refractivity contribution in [2.45, 2.75) is 39.8 Å². The maximum atomic E-state index is 12.5. The van der Waals surface area contributed by atoms with Crippen LogP contribution < -0.4 is 10.1 Å². The van der Waals surface area contributed by atoms with Crippen LogP contribution in [-0.4, -0.2) is 22.2 Å². The van der Waals surface area contributed by atoms with Crippen LogP contribution in [0.15, 0.2) is 53.1 Å². The summed E-state index contributed by atoms with van der Waals surface area (Å²) < 4.78 is 11.1. The first-order valence-corrected chi connectivity index (χ1v) is 8.96. The van der Waals surface area contributed by atoms with Crippen molar-refractivity contribution in [1.82, 2.24) is 15.5 Å². The number of aryl methyl sites for hydroxylation is 2. The Hall–Kier alpha value is -3.15. The number of carbonyl (C=O) groups is 1. The lowest BCUT2D eigenvalue weighted by Crippen LogP contribution is -2.37. The lowest BCUT2D eigenvalue weighted by atomic mass is 10.1. The number of benzene rings is 2. The Bertz CT molecular complexity index is 906. The summed E-state index contributed by atoms with van der Waals surface area (Å²) in [7, 11) is 0. The lowest BCUT2D eigenvalue weighted by Gasteiger charge is -2.18. The Morgan fingerprint density at radius 1 is 1.19 bits per heavy atom. The molecule has 0 unspecified atom stereocenters. The molecule has 3 rings (SSSR count). The fourth-order valence-corrected chi connectivity index (χ4v) is 2.71. The quantitative estimate of drug-likeness (QED) is 0.688. The van der Waals surface area contributed by atoms with Crippen LogP contribution >= 0.6 is 0 Å². The Labute approximate surface area is 158 Å². The zero-order valence-corrected chi connectivity index (χ0v) is 15.7. The van der Waals surface area contributed by atoms with Crippen LogP contribution in [0.25, 0.3) is 11.4 Å². The Morgan fingerprint density at radius 3 is 2.67 bits per heavy atom. The van der Waals surface area contributed by atoms with E-state index in [0.717, 1.165) is 16.7 Å². The summed E-state index contributed by atoms with van der Waals surface area (Å²) in [5.41, 5.74) is 3.03. The van der Waals surface area contributed by atoms with Crippen molar-refractivity contribution in [3.05, 3.63) is 65.5 Å². The van der Waals surface area contributed by atoms with Gasteiger partial charge in [0.2, 0.25) is 11.7 Å². The van der Waals surface area contributed by atoms with Crippen LogP contribution in [0.3, 0.4) is 0 Å². The minimum absolute atomic E-state index is 0.158. The monoisotopic (exact) mass is 365 g/mol. The summed E-state index contributed by atoms with van der Waals surface area (Å²) in [6, 6.07) is 15.4. The van der Waals surface area contributed by atoms with Crippen molar-refractivity contribution >= 4 is 5.91 Å². The summed E-state index contributed by atoms with van der Waals surface area (Å²) in [5.74, 6) is 1.35. The van der Waals surface area contributed by atoms with Gasteiger partial charge in [-0.05, 0) is 31.9 Å². The highest BCUT2D eigenvalue weighted by molar-refractivity contribution is 5.81. The summed E-state index contributed by atoms with van der Waals surface area (Å²) in [4.78, 5) is 16.8. The summed E-state index contributed by atoms with van der Waals surface area (Å²) >= 11 is 0. The van der Waals surface area contributed by atoms with Gasteiger partial charge in [-0.25, -0.2) is 0 Å². The minimum Gasteiger partial charge on any atom is -0.480 e. The number of nitrogens with zero attached hydrogens (tertiary/aromatic N) is 2. The van der Waals surface area contributed by atoms with E-state index in [1.54, 1.807) is 0 Å². The molecule has 1 N–H and O–H groups in total. The number of nitrogens with one attached hydrogen (secondary N) is 1. The largest absolute Gasteiger partial charge is 0.480 e. The number of hydrogen-bond donors (Lipinski definition) is 1. The molecule has 0 aliphatic heterocycles. The second kappa shape index (κ2) is 8.49. The topological polar surface area (TPSA) is 77.2 Å². The van der Waals surface area contributed by atoms with E-state index in [4.69, 9.17) is 9.26 Å². The molecule has 0 spiro atoms. The van der Waals surface area contributed by atoms with Gasteiger partial charge >= 0.3 is 0 Å². The van der Waals surface area contributed by atoms with E-state index in [1.165, 1.54) is 0 Å². The Kier molecular flexibility index (Phi) is 5.86. The number of amides is 1. The summed E-state index contributed by atoms with van der Waals surface area (Å²) in [5, 5.41) is 6.75. The number of ether oxygens (including phenoxy) is 1. The van der Waals surface area contributed by atoms with E-state index in [-0.39, 0.29) is 12.5 Å². The van der Waals surface area contributed by atoms with Gasteiger partial charge in [0.05, 0.1) is 6.54 Å². The van der Waals surface area contributed by atoms with Crippen LogP contribution in [0.1, 0.15) is 30.4 Å². The molecule has 0 bridgehead atoms. The number of carbonyl (C=O) groups excluding carboxylic acids is 1. The minimum atomic E-state index is -0.581. The molecule has 0 saturated carbocycles. The number of aromatic nitrogens is 2. The first-order chi connectivity index (χ1) is 13.1. The van der Waals surface area contributed by atoms with Crippen LogP contribution in [0.2, 0.25) is 0 Å². The molecule has 0 saturated heterocycles. The van der Waals surface area contributed by atoms with Gasteiger partial charge < -0.3 is 14.6 Å². The molecule has 6 nitrogen and oxygen atoms in total. The zero-order chi connectivity index (χ0) is 19.2. The fraction of sp³-hybridized carbons (Fsp3) is 0.286. The molecular formula is C21H23N3O3. The van der Waals surface area contributed by atoms with Crippen LogP contribution in [0, 0.1) is 13.8 Å². The second-order valence-electron chi connectivity index (χ2n) is 6.38. The van der Waals surface area contributed by atoms with E-state index in [9.17, 15) is 4.79 Å². The number of hydrogen-bond acceptors (Lipinski definition) is 5. The predicted molar refractivity (Wildman–Crippen MR) is 102 cm³/mol. The van der Waals surface area contributed by atoms with E-state index >= 15 is 0 Å². The molecule has 1 atom stereocenters. The molecule has 0 aliphatic carbocycles. The van der Waals surface area contributed by atoms with Gasteiger partial charge in [-0.15, -0.1) is 0 Å². The van der Waals surface area contributed by atoms with E-state index < -0.39 is 6.10 Å². The summed E-state index contributed by atoms with van der Waals surface area (Å²) in [6.07, 6.45) is -0.0268. The van der Waals surface area contributed by atoms with Crippen molar-refractivity contribution < 1.29 is 14.1 Å². The highest BCUT2D eigenvalue weighted by atomic mass is 16.5. The van der Waals surface area contributed by atoms with E-state index in [2.05, 4.69) is 15.5 Å². The van der Waals surface area contributed by atoms with Gasteiger partial charge in [0, 0.05) is 5.56 Å². The lowest BCUT2D eigenvalue weighted by molar-refractivity contribution is -0.128. The van der Waals surface area contributed by atoms with Crippen LogP contribution in [0.5, 0.6) is 5.75 Å². The highest BCUT2D eigenvalue weighted by Gasteiger charge is 2.20. The molecule has 140 valence electrons. The molecule has 2 aromatic carbocycles. The Balaban J connectivity index is 1.60. The van der Waals surface area contributed by atoms with Gasteiger partial charge in [-0.2, -0.15) is 4.98 Å². The predicted octanol–water partition coefficient (Wildman–Crippen LogP) is 3.83. The normalized spacial score (nSPS) is 11.8. The van der Waals surface area contributed by atoms with Crippen LogP contribution in [0.4, 0.5) is 0 Å². The first kappa shape index (κ1) is 18.6. The average Bonchev–Trinajstić information content (AvgIpc) is 3.15. The van der Waals surface area contributed by atoms with E-state index in [0.29, 0.717) is 23.9 Å². The molecule has 3 aromatic rings. The third-order valence-electron chi connectivity index (χ3n) is 4.18. The smallest absolute Gasteiger partial charge is 0.261 e. The maximum Gasteiger partial charge on any atom is 0.261 e. The van der Waals surface area contributed by atoms with Gasteiger partial charge in [-0.3, -0.25) is 4.79 Å². The molecule has 0 aliphatic rings.